The summed E-state index contributed by atoms with van der Waals surface area (Å²) in [5, 5.41) is 10.3. The van der Waals surface area contributed by atoms with Crippen molar-refractivity contribution in [2.24, 2.45) is 5.73 Å². The largest absolute Gasteiger partial charge is 0.494 e. The molecule has 1 aliphatic heterocycles. The quantitative estimate of drug-likeness (QED) is 0.252. The molecule has 0 amide bonds. The van der Waals surface area contributed by atoms with Crippen molar-refractivity contribution in [3.63, 3.8) is 0 Å². The first-order valence-electron chi connectivity index (χ1n) is 11.7. The lowest BCUT2D eigenvalue weighted by molar-refractivity contribution is 0.0702. The second-order valence-corrected chi connectivity index (χ2v) is 8.63. The highest BCUT2D eigenvalue weighted by Crippen LogP contribution is 2.44. The van der Waals surface area contributed by atoms with Gasteiger partial charge in [0, 0.05) is 22.6 Å². The maximum atomic E-state index is 13.6. The summed E-state index contributed by atoms with van der Waals surface area (Å²) in [6.45, 7) is 4.26. The second-order valence-electron chi connectivity index (χ2n) is 8.63. The van der Waals surface area contributed by atoms with Crippen LogP contribution in [0.15, 0.2) is 76.5 Å². The Morgan fingerprint density at radius 3 is 2.76 bits per heavy atom. The Hall–Kier alpha value is -4.77. The number of fused-ring (bicyclic) bond motifs is 2. The standard InChI is InChI=1S/C29H23FN2O5/c1-3-11-34-19-6-4-5-17(12-19)26-21-9-8-20(14-25(21)37-28(32)23(26)15-31)35-29(33)27-16(2)22-13-18(30)7-10-24(22)36-27/h4-10,12-14,26H,3,11,32H2,1-2H3. The van der Waals surface area contributed by atoms with Crippen molar-refractivity contribution in [2.75, 3.05) is 6.61 Å². The van der Waals surface area contributed by atoms with Crippen molar-refractivity contribution < 1.29 is 27.8 Å². The number of nitrogens with zero attached hydrogens (tertiary/aromatic N) is 1. The van der Waals surface area contributed by atoms with Crippen LogP contribution in [0.2, 0.25) is 0 Å². The van der Waals surface area contributed by atoms with Crippen LogP contribution in [0.25, 0.3) is 11.0 Å². The minimum atomic E-state index is -0.733. The van der Waals surface area contributed by atoms with E-state index in [1.807, 2.05) is 31.2 Å². The van der Waals surface area contributed by atoms with E-state index in [-0.39, 0.29) is 23.0 Å². The fraction of sp³-hybridized carbons (Fsp3) is 0.172. The Balaban J connectivity index is 1.47. The lowest BCUT2D eigenvalue weighted by Gasteiger charge is -2.27. The summed E-state index contributed by atoms with van der Waals surface area (Å²) in [5.41, 5.74) is 8.75. The molecule has 0 fully saturated rings. The van der Waals surface area contributed by atoms with E-state index in [0.717, 1.165) is 12.0 Å². The van der Waals surface area contributed by atoms with Crippen LogP contribution in [-0.4, -0.2) is 12.6 Å². The number of hydrogen-bond donors (Lipinski definition) is 1. The molecule has 186 valence electrons. The number of nitrogens with two attached hydrogens (primary N) is 1. The number of esters is 1. The Morgan fingerprint density at radius 2 is 1.97 bits per heavy atom. The van der Waals surface area contributed by atoms with Crippen molar-refractivity contribution in [2.45, 2.75) is 26.2 Å². The molecule has 1 aliphatic rings. The molecule has 2 heterocycles. The Labute approximate surface area is 212 Å². The van der Waals surface area contributed by atoms with Gasteiger partial charge in [-0.3, -0.25) is 0 Å². The number of carbonyl (C=O) groups is 1. The summed E-state index contributed by atoms with van der Waals surface area (Å²) >= 11 is 0. The van der Waals surface area contributed by atoms with E-state index in [2.05, 4.69) is 6.07 Å². The Morgan fingerprint density at radius 1 is 1.14 bits per heavy atom. The first kappa shape index (κ1) is 23.9. The van der Waals surface area contributed by atoms with Crippen LogP contribution >= 0.6 is 0 Å². The summed E-state index contributed by atoms with van der Waals surface area (Å²) in [6.07, 6.45) is 0.868. The van der Waals surface area contributed by atoms with Gasteiger partial charge >= 0.3 is 5.97 Å². The number of hydrogen-bond acceptors (Lipinski definition) is 7. The van der Waals surface area contributed by atoms with Crippen LogP contribution in [0.4, 0.5) is 4.39 Å². The third-order valence-electron chi connectivity index (χ3n) is 6.15. The van der Waals surface area contributed by atoms with Crippen LogP contribution in [0.1, 0.15) is 46.5 Å². The SMILES string of the molecule is CCCOc1cccc(C2C(C#N)=C(N)Oc3cc(OC(=O)c4oc5ccc(F)cc5c4C)ccc32)c1. The summed E-state index contributed by atoms with van der Waals surface area (Å²) in [7, 11) is 0. The zero-order valence-electron chi connectivity index (χ0n) is 20.2. The smallest absolute Gasteiger partial charge is 0.379 e. The van der Waals surface area contributed by atoms with E-state index in [9.17, 15) is 14.4 Å². The zero-order valence-corrected chi connectivity index (χ0v) is 20.2. The number of rotatable bonds is 6. The number of nitriles is 1. The zero-order chi connectivity index (χ0) is 26.1. The minimum absolute atomic E-state index is 0.0211. The number of furan rings is 1. The van der Waals surface area contributed by atoms with Gasteiger partial charge in [0.2, 0.25) is 11.6 Å². The molecule has 0 saturated heterocycles. The van der Waals surface area contributed by atoms with E-state index in [1.165, 1.54) is 24.3 Å². The van der Waals surface area contributed by atoms with E-state index < -0.39 is 17.7 Å². The molecule has 4 aromatic rings. The maximum Gasteiger partial charge on any atom is 0.379 e. The maximum absolute atomic E-state index is 13.6. The number of ether oxygens (including phenoxy) is 3. The molecule has 8 heteroatoms. The molecule has 3 aromatic carbocycles. The molecule has 1 unspecified atom stereocenters. The van der Waals surface area contributed by atoms with Gasteiger partial charge in [0.05, 0.1) is 12.5 Å². The van der Waals surface area contributed by atoms with E-state index in [0.29, 0.717) is 40.2 Å². The van der Waals surface area contributed by atoms with Crippen LogP contribution in [0.5, 0.6) is 17.2 Å². The van der Waals surface area contributed by atoms with Crippen molar-refractivity contribution in [3.8, 4) is 23.3 Å². The molecule has 0 spiro atoms. The van der Waals surface area contributed by atoms with E-state index in [1.54, 1.807) is 19.1 Å². The molecule has 7 nitrogen and oxygen atoms in total. The van der Waals surface area contributed by atoms with Gasteiger partial charge in [0.25, 0.3) is 0 Å². The number of allylic oxidation sites excluding steroid dienone is 1. The predicted octanol–water partition coefficient (Wildman–Crippen LogP) is 6.11. The third kappa shape index (κ3) is 4.47. The van der Waals surface area contributed by atoms with Crippen LogP contribution < -0.4 is 19.9 Å². The number of carbonyl (C=O) groups excluding carboxylic acids is 1. The molecule has 0 saturated carbocycles. The molecule has 37 heavy (non-hydrogen) atoms. The van der Waals surface area contributed by atoms with Crippen LogP contribution in [-0.2, 0) is 0 Å². The fourth-order valence-electron chi connectivity index (χ4n) is 4.39. The van der Waals surface area contributed by atoms with Crippen molar-refractivity contribution in [1.82, 2.24) is 0 Å². The molecular formula is C29H23FN2O5. The number of halogens is 1. The van der Waals surface area contributed by atoms with E-state index >= 15 is 0 Å². The second kappa shape index (κ2) is 9.70. The lowest BCUT2D eigenvalue weighted by atomic mass is 9.83. The summed E-state index contributed by atoms with van der Waals surface area (Å²) in [6, 6.07) is 18.6. The molecule has 1 aromatic heterocycles. The van der Waals surface area contributed by atoms with Gasteiger partial charge < -0.3 is 24.4 Å². The summed E-state index contributed by atoms with van der Waals surface area (Å²) in [5.74, 6) is -0.459. The molecular weight excluding hydrogens is 475 g/mol. The van der Waals surface area contributed by atoms with Gasteiger partial charge in [0.1, 0.15) is 40.3 Å². The first-order valence-corrected chi connectivity index (χ1v) is 11.7. The van der Waals surface area contributed by atoms with Crippen LogP contribution in [0.3, 0.4) is 0 Å². The number of benzene rings is 3. The highest BCUT2D eigenvalue weighted by molar-refractivity contribution is 5.96. The van der Waals surface area contributed by atoms with Crippen molar-refractivity contribution >= 4 is 16.9 Å². The lowest BCUT2D eigenvalue weighted by Crippen LogP contribution is -2.21. The van der Waals surface area contributed by atoms with Crippen LogP contribution in [0, 0.1) is 24.1 Å². The van der Waals surface area contributed by atoms with Crippen molar-refractivity contribution in [1.29, 1.82) is 5.26 Å². The molecule has 0 aliphatic carbocycles. The molecule has 0 radical (unpaired) electrons. The van der Waals surface area contributed by atoms with Gasteiger partial charge in [-0.1, -0.05) is 25.1 Å². The average Bonchev–Trinajstić information content (AvgIpc) is 3.22. The van der Waals surface area contributed by atoms with Gasteiger partial charge in [-0.2, -0.15) is 5.26 Å². The summed E-state index contributed by atoms with van der Waals surface area (Å²) in [4.78, 5) is 12.9. The van der Waals surface area contributed by atoms with Crippen molar-refractivity contribution in [3.05, 3.63) is 100 Å². The average molecular weight is 499 g/mol. The first-order chi connectivity index (χ1) is 17.9. The highest BCUT2D eigenvalue weighted by Gasteiger charge is 2.31. The molecule has 0 bridgehead atoms. The Bertz CT molecular complexity index is 1600. The highest BCUT2D eigenvalue weighted by atomic mass is 19.1. The Kier molecular flexibility index (Phi) is 6.28. The van der Waals surface area contributed by atoms with Gasteiger partial charge in [-0.05, 0) is 55.3 Å². The molecule has 5 rings (SSSR count). The topological polar surface area (TPSA) is 108 Å². The van der Waals surface area contributed by atoms with Gasteiger partial charge in [0.15, 0.2) is 0 Å². The monoisotopic (exact) mass is 498 g/mol. The minimum Gasteiger partial charge on any atom is -0.494 e. The van der Waals surface area contributed by atoms with E-state index in [4.69, 9.17) is 24.4 Å². The fourth-order valence-corrected chi connectivity index (χ4v) is 4.39. The van der Waals surface area contributed by atoms with Gasteiger partial charge in [-0.25, -0.2) is 9.18 Å². The third-order valence-corrected chi connectivity index (χ3v) is 6.15. The molecule has 2 N–H and O–H groups in total. The molecule has 1 atom stereocenters. The predicted molar refractivity (Wildman–Crippen MR) is 134 cm³/mol. The van der Waals surface area contributed by atoms with Gasteiger partial charge in [-0.15, -0.1) is 0 Å². The number of aryl methyl sites for hydroxylation is 1. The summed E-state index contributed by atoms with van der Waals surface area (Å²) < 4.78 is 36.3. The normalized spacial score (nSPS) is 14.6.